The van der Waals surface area contributed by atoms with Crippen molar-refractivity contribution in [2.45, 2.75) is 51.7 Å². The van der Waals surface area contributed by atoms with Crippen LogP contribution in [0, 0.1) is 5.92 Å². The Balaban J connectivity index is 1.47. The first-order valence-electron chi connectivity index (χ1n) is 8.87. The van der Waals surface area contributed by atoms with E-state index in [1.807, 2.05) is 12.1 Å². The van der Waals surface area contributed by atoms with E-state index < -0.39 is 0 Å². The van der Waals surface area contributed by atoms with Crippen LogP contribution in [0.3, 0.4) is 0 Å². The van der Waals surface area contributed by atoms with E-state index >= 15 is 0 Å². The molecule has 0 spiro atoms. The molecule has 132 valence electrons. The maximum Gasteiger partial charge on any atom is 0.225 e. The highest BCUT2D eigenvalue weighted by molar-refractivity contribution is 5.89. The highest BCUT2D eigenvalue weighted by Gasteiger charge is 2.35. The van der Waals surface area contributed by atoms with Crippen molar-refractivity contribution in [3.8, 4) is 0 Å². The maximum absolute atomic E-state index is 12.5. The van der Waals surface area contributed by atoms with Crippen molar-refractivity contribution in [1.29, 1.82) is 0 Å². The van der Waals surface area contributed by atoms with E-state index in [4.69, 9.17) is 4.42 Å². The molecule has 0 unspecified atom stereocenters. The third kappa shape index (κ3) is 3.98. The summed E-state index contributed by atoms with van der Waals surface area (Å²) >= 11 is 0. The minimum Gasteiger partial charge on any atom is -0.467 e. The Labute approximate surface area is 143 Å². The van der Waals surface area contributed by atoms with Gasteiger partial charge in [0.2, 0.25) is 11.8 Å². The molecule has 2 saturated heterocycles. The third-order valence-electron chi connectivity index (χ3n) is 5.12. The van der Waals surface area contributed by atoms with E-state index in [9.17, 15) is 9.59 Å². The van der Waals surface area contributed by atoms with Crippen LogP contribution in [0.2, 0.25) is 0 Å². The zero-order valence-corrected chi connectivity index (χ0v) is 14.5. The van der Waals surface area contributed by atoms with Gasteiger partial charge in [-0.1, -0.05) is 0 Å². The number of amides is 2. The average molecular weight is 333 g/mol. The quantitative estimate of drug-likeness (QED) is 0.889. The van der Waals surface area contributed by atoms with Crippen LogP contribution >= 0.6 is 0 Å². The molecule has 3 rings (SSSR count). The van der Waals surface area contributed by atoms with Crippen LogP contribution in [0.5, 0.6) is 0 Å². The zero-order chi connectivity index (χ0) is 17.1. The first-order valence-corrected chi connectivity index (χ1v) is 8.87. The molecule has 1 N–H and O–H groups in total. The number of hydrogen-bond acceptors (Lipinski definition) is 4. The van der Waals surface area contributed by atoms with Gasteiger partial charge in [0.15, 0.2) is 0 Å². The normalized spacial score (nSPS) is 23.2. The number of rotatable bonds is 5. The topological polar surface area (TPSA) is 65.8 Å². The molecule has 2 amide bonds. The standard InChI is InChI=1S/C18H27N3O3/c1-13(2)20-7-5-15(6-8-20)19-18(23)14-10-17(22)21(11-14)12-16-4-3-9-24-16/h3-4,9,13-15H,5-8,10-12H2,1-2H3,(H,19,23)/t14-/m1/s1. The van der Waals surface area contributed by atoms with Crippen molar-refractivity contribution in [2.24, 2.45) is 5.92 Å². The SMILES string of the molecule is CC(C)N1CCC(NC(=O)[C@@H]2CC(=O)N(Cc3ccco3)C2)CC1. The number of carbonyl (C=O) groups excluding carboxylic acids is 2. The molecule has 2 fully saturated rings. The van der Waals surface area contributed by atoms with Gasteiger partial charge in [-0.2, -0.15) is 0 Å². The van der Waals surface area contributed by atoms with Gasteiger partial charge in [0.05, 0.1) is 18.7 Å². The molecule has 2 aliphatic rings. The average Bonchev–Trinajstić information content (AvgIpc) is 3.19. The lowest BCUT2D eigenvalue weighted by molar-refractivity contribution is -0.129. The predicted octanol–water partition coefficient (Wildman–Crippen LogP) is 1.62. The first-order chi connectivity index (χ1) is 11.5. The number of furan rings is 1. The molecule has 1 atom stereocenters. The molecule has 1 aromatic heterocycles. The zero-order valence-electron chi connectivity index (χ0n) is 14.5. The van der Waals surface area contributed by atoms with Crippen LogP contribution in [0.4, 0.5) is 0 Å². The Kier molecular flexibility index (Phi) is 5.23. The monoisotopic (exact) mass is 333 g/mol. The second-order valence-electron chi connectivity index (χ2n) is 7.17. The number of nitrogens with one attached hydrogen (secondary N) is 1. The van der Waals surface area contributed by atoms with E-state index in [-0.39, 0.29) is 23.8 Å². The Morgan fingerprint density at radius 3 is 2.75 bits per heavy atom. The maximum atomic E-state index is 12.5. The highest BCUT2D eigenvalue weighted by atomic mass is 16.3. The summed E-state index contributed by atoms with van der Waals surface area (Å²) < 4.78 is 5.29. The number of carbonyl (C=O) groups is 2. The minimum absolute atomic E-state index is 0.0216. The summed E-state index contributed by atoms with van der Waals surface area (Å²) in [4.78, 5) is 28.8. The lowest BCUT2D eigenvalue weighted by Gasteiger charge is -2.35. The van der Waals surface area contributed by atoms with E-state index in [0.29, 0.717) is 25.6 Å². The molecule has 0 bridgehead atoms. The van der Waals surface area contributed by atoms with Crippen molar-refractivity contribution in [3.63, 3.8) is 0 Å². The molecule has 6 heteroatoms. The first kappa shape index (κ1) is 17.0. The van der Waals surface area contributed by atoms with Gasteiger partial charge in [-0.25, -0.2) is 0 Å². The summed E-state index contributed by atoms with van der Waals surface area (Å²) in [6, 6.07) is 4.46. The summed E-state index contributed by atoms with van der Waals surface area (Å²) in [5.74, 6) is 0.565. The molecule has 3 heterocycles. The Bertz CT molecular complexity index is 562. The number of piperidine rings is 1. The fourth-order valence-corrected chi connectivity index (χ4v) is 3.57. The van der Waals surface area contributed by atoms with Gasteiger partial charge in [-0.3, -0.25) is 9.59 Å². The number of hydrogen-bond donors (Lipinski definition) is 1. The van der Waals surface area contributed by atoms with Crippen LogP contribution in [-0.4, -0.2) is 53.3 Å². The summed E-state index contributed by atoms with van der Waals surface area (Å²) in [7, 11) is 0. The van der Waals surface area contributed by atoms with Crippen molar-refractivity contribution >= 4 is 11.8 Å². The summed E-state index contributed by atoms with van der Waals surface area (Å²) in [5.41, 5.74) is 0. The largest absolute Gasteiger partial charge is 0.467 e. The molecule has 0 saturated carbocycles. The molecule has 0 radical (unpaired) electrons. The molecule has 0 aromatic carbocycles. The van der Waals surface area contributed by atoms with Gasteiger partial charge >= 0.3 is 0 Å². The molecule has 2 aliphatic heterocycles. The minimum atomic E-state index is -0.240. The van der Waals surface area contributed by atoms with Gasteiger partial charge in [0.25, 0.3) is 0 Å². The van der Waals surface area contributed by atoms with E-state index in [0.717, 1.165) is 31.7 Å². The Morgan fingerprint density at radius 2 is 2.12 bits per heavy atom. The Hall–Kier alpha value is -1.82. The fourth-order valence-electron chi connectivity index (χ4n) is 3.57. The van der Waals surface area contributed by atoms with Crippen LogP contribution in [-0.2, 0) is 16.1 Å². The van der Waals surface area contributed by atoms with E-state index in [1.54, 1.807) is 11.2 Å². The van der Waals surface area contributed by atoms with Crippen LogP contribution < -0.4 is 5.32 Å². The van der Waals surface area contributed by atoms with Gasteiger partial charge in [0.1, 0.15) is 5.76 Å². The van der Waals surface area contributed by atoms with Gasteiger partial charge < -0.3 is 19.5 Å². The van der Waals surface area contributed by atoms with Crippen molar-refractivity contribution in [1.82, 2.24) is 15.1 Å². The third-order valence-corrected chi connectivity index (χ3v) is 5.12. The van der Waals surface area contributed by atoms with E-state index in [2.05, 4.69) is 24.1 Å². The molecular formula is C18H27N3O3. The second-order valence-corrected chi connectivity index (χ2v) is 7.17. The molecule has 1 aromatic rings. The molecule has 6 nitrogen and oxygen atoms in total. The Morgan fingerprint density at radius 1 is 1.38 bits per heavy atom. The second kappa shape index (κ2) is 7.38. The lowest BCUT2D eigenvalue weighted by Crippen LogP contribution is -2.48. The van der Waals surface area contributed by atoms with Gasteiger partial charge in [-0.15, -0.1) is 0 Å². The van der Waals surface area contributed by atoms with Crippen molar-refractivity contribution in [3.05, 3.63) is 24.2 Å². The smallest absolute Gasteiger partial charge is 0.225 e. The fraction of sp³-hybridized carbons (Fsp3) is 0.667. The van der Waals surface area contributed by atoms with Gasteiger partial charge in [-0.05, 0) is 38.8 Å². The van der Waals surface area contributed by atoms with Crippen molar-refractivity contribution in [2.75, 3.05) is 19.6 Å². The van der Waals surface area contributed by atoms with Crippen LogP contribution in [0.25, 0.3) is 0 Å². The predicted molar refractivity (Wildman–Crippen MR) is 90.1 cm³/mol. The van der Waals surface area contributed by atoms with Crippen molar-refractivity contribution < 1.29 is 14.0 Å². The molecule has 0 aliphatic carbocycles. The summed E-state index contributed by atoms with van der Waals surface area (Å²) in [5, 5.41) is 3.15. The number of nitrogens with zero attached hydrogens (tertiary/aromatic N) is 2. The van der Waals surface area contributed by atoms with Crippen LogP contribution in [0.15, 0.2) is 22.8 Å². The number of likely N-dealkylation sites (tertiary alicyclic amines) is 2. The van der Waals surface area contributed by atoms with Gasteiger partial charge in [0, 0.05) is 38.1 Å². The lowest BCUT2D eigenvalue weighted by atomic mass is 10.0. The highest BCUT2D eigenvalue weighted by Crippen LogP contribution is 2.21. The summed E-state index contributed by atoms with van der Waals surface area (Å²) in [6.45, 7) is 7.39. The molecule has 24 heavy (non-hydrogen) atoms. The van der Waals surface area contributed by atoms with E-state index in [1.165, 1.54) is 0 Å². The molecular weight excluding hydrogens is 306 g/mol. The van der Waals surface area contributed by atoms with Crippen LogP contribution in [0.1, 0.15) is 38.9 Å². The summed E-state index contributed by atoms with van der Waals surface area (Å²) in [6.07, 6.45) is 3.88.